The quantitative estimate of drug-likeness (QED) is 0.810. The molecule has 1 fully saturated rings. The normalized spacial score (nSPS) is 23.2. The van der Waals surface area contributed by atoms with Gasteiger partial charge in [-0.05, 0) is 43.4 Å². The smallest absolute Gasteiger partial charge is 0.190 e. The summed E-state index contributed by atoms with van der Waals surface area (Å²) in [5.41, 5.74) is 3.80. The number of furan rings is 1. The second-order valence-corrected chi connectivity index (χ2v) is 4.70. The number of anilines is 1. The van der Waals surface area contributed by atoms with Crippen LogP contribution in [0.25, 0.3) is 0 Å². The molecule has 5 heteroatoms. The number of hydrogen-bond donors (Lipinski definition) is 2. The zero-order chi connectivity index (χ0) is 12.6. The molecule has 92 valence electrons. The van der Waals surface area contributed by atoms with E-state index >= 15 is 0 Å². The lowest BCUT2D eigenvalue weighted by Gasteiger charge is -2.23. The van der Waals surface area contributed by atoms with E-state index in [4.69, 9.17) is 16.6 Å². The summed E-state index contributed by atoms with van der Waals surface area (Å²) in [5.74, 6) is 0.795. The van der Waals surface area contributed by atoms with Gasteiger partial charge in [-0.3, -0.25) is 0 Å². The maximum Gasteiger partial charge on any atom is 0.190 e. The van der Waals surface area contributed by atoms with Gasteiger partial charge in [0.05, 0.1) is 12.0 Å². The number of rotatable bonds is 2. The highest BCUT2D eigenvalue weighted by molar-refractivity contribution is 7.80. The van der Waals surface area contributed by atoms with Gasteiger partial charge in [-0.15, -0.1) is 0 Å². The number of nitrogens with one attached hydrogen (secondary N) is 2. The second kappa shape index (κ2) is 4.12. The predicted octanol–water partition coefficient (Wildman–Crippen LogP) is 2.35. The van der Waals surface area contributed by atoms with Gasteiger partial charge in [0.2, 0.25) is 0 Å². The van der Waals surface area contributed by atoms with Crippen molar-refractivity contribution in [1.29, 1.82) is 0 Å². The van der Waals surface area contributed by atoms with Crippen molar-refractivity contribution >= 4 is 23.0 Å². The maximum absolute atomic E-state index is 5.44. The van der Waals surface area contributed by atoms with Crippen LogP contribution in [0.3, 0.4) is 0 Å². The highest BCUT2D eigenvalue weighted by Gasteiger charge is 2.40. The minimum atomic E-state index is -0.517. The van der Waals surface area contributed by atoms with Crippen molar-refractivity contribution in [1.82, 2.24) is 10.7 Å². The Morgan fingerprint density at radius 3 is 2.61 bits per heavy atom. The molecule has 1 aliphatic heterocycles. The second-order valence-electron chi connectivity index (χ2n) is 4.32. The van der Waals surface area contributed by atoms with Crippen LogP contribution >= 0.6 is 12.2 Å². The van der Waals surface area contributed by atoms with E-state index in [1.54, 1.807) is 6.26 Å². The first kappa shape index (κ1) is 11.3. The van der Waals surface area contributed by atoms with Crippen molar-refractivity contribution in [2.75, 3.05) is 5.01 Å². The number of benzene rings is 1. The Morgan fingerprint density at radius 1 is 1.17 bits per heavy atom. The Balaban J connectivity index is 1.91. The molecule has 2 N–H and O–H groups in total. The molecule has 0 spiro atoms. The summed E-state index contributed by atoms with van der Waals surface area (Å²) in [6.07, 6.45) is 1.65. The summed E-state index contributed by atoms with van der Waals surface area (Å²) in [7, 11) is 0. The molecule has 0 amide bonds. The molecule has 3 rings (SSSR count). The fraction of sp³-hybridized carbons (Fsp3) is 0.154. The summed E-state index contributed by atoms with van der Waals surface area (Å²) < 4.78 is 5.44. The lowest BCUT2D eigenvalue weighted by Crippen LogP contribution is -2.45. The van der Waals surface area contributed by atoms with Crippen molar-refractivity contribution in [2.45, 2.75) is 12.6 Å². The van der Waals surface area contributed by atoms with E-state index in [0.717, 1.165) is 11.4 Å². The standard InChI is InChI=1S/C13H13N3OS/c1-13(11-8-5-9-17-11)14-12(18)16(15-13)10-6-3-2-4-7-10/h2-9,15H,1H3,(H,14,18)/t13-/m1/s1. The number of hydrogen-bond acceptors (Lipinski definition) is 3. The van der Waals surface area contributed by atoms with Crippen molar-refractivity contribution in [2.24, 2.45) is 0 Å². The molecule has 2 aromatic rings. The van der Waals surface area contributed by atoms with Crippen LogP contribution < -0.4 is 15.8 Å². The molecule has 0 unspecified atom stereocenters. The maximum atomic E-state index is 5.44. The van der Waals surface area contributed by atoms with Gasteiger partial charge in [0.25, 0.3) is 0 Å². The van der Waals surface area contributed by atoms with Gasteiger partial charge in [-0.1, -0.05) is 18.2 Å². The largest absolute Gasteiger partial charge is 0.465 e. The van der Waals surface area contributed by atoms with E-state index in [0.29, 0.717) is 5.11 Å². The molecular weight excluding hydrogens is 246 g/mol. The molecule has 0 bridgehead atoms. The van der Waals surface area contributed by atoms with Crippen molar-refractivity contribution < 1.29 is 4.42 Å². The lowest BCUT2D eigenvalue weighted by atomic mass is 10.1. The summed E-state index contributed by atoms with van der Waals surface area (Å²) >= 11 is 5.36. The van der Waals surface area contributed by atoms with E-state index in [9.17, 15) is 0 Å². The molecule has 1 aromatic carbocycles. The first-order chi connectivity index (χ1) is 8.69. The van der Waals surface area contributed by atoms with Gasteiger partial charge in [-0.25, -0.2) is 5.01 Å². The summed E-state index contributed by atoms with van der Waals surface area (Å²) in [6, 6.07) is 13.7. The molecule has 2 heterocycles. The lowest BCUT2D eigenvalue weighted by molar-refractivity contribution is 0.306. The van der Waals surface area contributed by atoms with Crippen LogP contribution in [0.4, 0.5) is 5.69 Å². The van der Waals surface area contributed by atoms with Gasteiger partial charge in [0.15, 0.2) is 10.8 Å². The SMILES string of the molecule is C[C@@]1(c2ccco2)NC(=S)N(c2ccccc2)N1. The van der Waals surface area contributed by atoms with Crippen molar-refractivity contribution in [3.05, 3.63) is 54.5 Å². The average molecular weight is 259 g/mol. The van der Waals surface area contributed by atoms with E-state index in [1.807, 2.05) is 54.4 Å². The first-order valence-electron chi connectivity index (χ1n) is 5.68. The Labute approximate surface area is 111 Å². The third kappa shape index (κ3) is 1.77. The number of para-hydroxylation sites is 1. The van der Waals surface area contributed by atoms with E-state index in [-0.39, 0.29) is 0 Å². The average Bonchev–Trinajstić information content (AvgIpc) is 2.99. The molecular formula is C13H13N3OS. The van der Waals surface area contributed by atoms with Crippen molar-refractivity contribution in [3.63, 3.8) is 0 Å². The van der Waals surface area contributed by atoms with Crippen molar-refractivity contribution in [3.8, 4) is 0 Å². The minimum Gasteiger partial charge on any atom is -0.465 e. The summed E-state index contributed by atoms with van der Waals surface area (Å²) in [6.45, 7) is 1.99. The van der Waals surface area contributed by atoms with E-state index < -0.39 is 5.66 Å². The Hall–Kier alpha value is -1.85. The zero-order valence-electron chi connectivity index (χ0n) is 9.88. The van der Waals surface area contributed by atoms with Gasteiger partial charge in [-0.2, -0.15) is 5.43 Å². The van der Waals surface area contributed by atoms with Crippen LogP contribution in [0.2, 0.25) is 0 Å². The summed E-state index contributed by atoms with van der Waals surface area (Å²) in [5, 5.41) is 5.70. The topological polar surface area (TPSA) is 40.4 Å². The predicted molar refractivity (Wildman–Crippen MR) is 73.9 cm³/mol. The number of hydrazine groups is 1. The van der Waals surface area contributed by atoms with Crippen LogP contribution in [0, 0.1) is 0 Å². The van der Waals surface area contributed by atoms with Crippen LogP contribution in [0.15, 0.2) is 53.1 Å². The Kier molecular flexibility index (Phi) is 2.57. The van der Waals surface area contributed by atoms with Gasteiger partial charge >= 0.3 is 0 Å². The Morgan fingerprint density at radius 2 is 1.94 bits per heavy atom. The molecule has 1 aromatic heterocycles. The molecule has 18 heavy (non-hydrogen) atoms. The molecule has 0 radical (unpaired) electrons. The monoisotopic (exact) mass is 259 g/mol. The number of nitrogens with zero attached hydrogens (tertiary/aromatic N) is 1. The molecule has 4 nitrogen and oxygen atoms in total. The van der Waals surface area contributed by atoms with Gasteiger partial charge in [0, 0.05) is 0 Å². The van der Waals surface area contributed by atoms with Gasteiger partial charge in [0.1, 0.15) is 5.76 Å². The fourth-order valence-corrected chi connectivity index (χ4v) is 2.37. The van der Waals surface area contributed by atoms with Crippen LogP contribution in [-0.4, -0.2) is 5.11 Å². The van der Waals surface area contributed by atoms with Crippen LogP contribution in [0.5, 0.6) is 0 Å². The first-order valence-corrected chi connectivity index (χ1v) is 6.09. The molecule has 1 saturated heterocycles. The van der Waals surface area contributed by atoms with Crippen LogP contribution in [-0.2, 0) is 5.66 Å². The third-order valence-electron chi connectivity index (χ3n) is 2.92. The molecule has 0 saturated carbocycles. The number of thiocarbonyl (C=S) groups is 1. The van der Waals surface area contributed by atoms with E-state index in [1.165, 1.54) is 0 Å². The third-order valence-corrected chi connectivity index (χ3v) is 3.21. The zero-order valence-corrected chi connectivity index (χ0v) is 10.7. The van der Waals surface area contributed by atoms with Crippen LogP contribution in [0.1, 0.15) is 12.7 Å². The highest BCUT2D eigenvalue weighted by atomic mass is 32.1. The molecule has 0 aliphatic carbocycles. The summed E-state index contributed by atoms with van der Waals surface area (Å²) in [4.78, 5) is 0. The highest BCUT2D eigenvalue weighted by Crippen LogP contribution is 2.26. The van der Waals surface area contributed by atoms with Gasteiger partial charge < -0.3 is 9.73 Å². The van der Waals surface area contributed by atoms with E-state index in [2.05, 4.69) is 10.7 Å². The fourth-order valence-electron chi connectivity index (χ4n) is 2.01. The minimum absolute atomic E-state index is 0.517. The molecule has 1 aliphatic rings. The Bertz CT molecular complexity index is 555. The molecule has 1 atom stereocenters.